The molecule has 1 aromatic rings. The fraction of sp³-hybridized carbons (Fsp3) is 0.700. The summed E-state index contributed by atoms with van der Waals surface area (Å²) in [5, 5.41) is 4.77. The van der Waals surface area contributed by atoms with Gasteiger partial charge in [0.05, 0.1) is 16.4 Å². The normalized spacial score (nSPS) is 15.3. The van der Waals surface area contributed by atoms with E-state index in [4.69, 9.17) is 17.3 Å². The van der Waals surface area contributed by atoms with Gasteiger partial charge in [-0.25, -0.2) is 4.39 Å². The predicted octanol–water partition coefficient (Wildman–Crippen LogP) is 2.09. The van der Waals surface area contributed by atoms with Crippen molar-refractivity contribution in [3.8, 4) is 0 Å². The molecule has 0 amide bonds. The molecule has 2 N–H and O–H groups in total. The molecule has 0 fully saturated rings. The summed E-state index contributed by atoms with van der Waals surface area (Å²) >= 11 is 6.06. The van der Waals surface area contributed by atoms with Crippen molar-refractivity contribution in [2.24, 2.45) is 5.73 Å². The van der Waals surface area contributed by atoms with Gasteiger partial charge in [-0.3, -0.25) is 4.68 Å². The van der Waals surface area contributed by atoms with Crippen LogP contribution in [0.25, 0.3) is 0 Å². The van der Waals surface area contributed by atoms with Gasteiger partial charge < -0.3 is 5.73 Å². The van der Waals surface area contributed by atoms with Crippen molar-refractivity contribution in [1.82, 2.24) is 9.78 Å². The summed E-state index contributed by atoms with van der Waals surface area (Å²) in [4.78, 5) is 0. The van der Waals surface area contributed by atoms with Gasteiger partial charge in [0.1, 0.15) is 5.67 Å². The van der Waals surface area contributed by atoms with Crippen molar-refractivity contribution < 1.29 is 4.39 Å². The summed E-state index contributed by atoms with van der Waals surface area (Å²) in [7, 11) is 0. The fourth-order valence-electron chi connectivity index (χ4n) is 1.46. The third-order valence-electron chi connectivity index (χ3n) is 2.41. The van der Waals surface area contributed by atoms with E-state index < -0.39 is 5.67 Å². The summed E-state index contributed by atoms with van der Waals surface area (Å²) in [6, 6.07) is 0. The molecule has 0 radical (unpaired) electrons. The second-order valence-corrected chi connectivity index (χ2v) is 4.33. The molecule has 1 unspecified atom stereocenters. The van der Waals surface area contributed by atoms with Crippen LogP contribution in [0.15, 0.2) is 0 Å². The van der Waals surface area contributed by atoms with Crippen LogP contribution in [0.3, 0.4) is 0 Å². The molecule has 0 spiro atoms. The van der Waals surface area contributed by atoms with E-state index in [-0.39, 0.29) is 13.0 Å². The van der Waals surface area contributed by atoms with E-state index >= 15 is 0 Å². The predicted molar refractivity (Wildman–Crippen MR) is 59.9 cm³/mol. The zero-order chi connectivity index (χ0) is 11.6. The first kappa shape index (κ1) is 12.5. The average Bonchev–Trinajstić information content (AvgIpc) is 2.45. The minimum atomic E-state index is -1.43. The van der Waals surface area contributed by atoms with Gasteiger partial charge in [-0.1, -0.05) is 11.6 Å². The van der Waals surface area contributed by atoms with E-state index in [2.05, 4.69) is 5.10 Å². The molecule has 0 bridgehead atoms. The zero-order valence-corrected chi connectivity index (χ0v) is 10.1. The Balaban J connectivity index is 3.03. The Morgan fingerprint density at radius 2 is 2.20 bits per heavy atom. The van der Waals surface area contributed by atoms with Crippen LogP contribution in [0, 0.1) is 6.92 Å². The average molecular weight is 234 g/mol. The lowest BCUT2D eigenvalue weighted by Crippen LogP contribution is -2.32. The van der Waals surface area contributed by atoms with Gasteiger partial charge in [-0.05, 0) is 20.8 Å². The Bertz CT molecular complexity index is 347. The van der Waals surface area contributed by atoms with E-state index in [1.54, 1.807) is 4.68 Å². The van der Waals surface area contributed by atoms with Crippen molar-refractivity contribution >= 4 is 11.6 Å². The summed E-state index contributed by atoms with van der Waals surface area (Å²) in [6.07, 6.45) is 0.205. The van der Waals surface area contributed by atoms with E-state index in [1.165, 1.54) is 6.92 Å². The van der Waals surface area contributed by atoms with E-state index in [9.17, 15) is 4.39 Å². The Hall–Kier alpha value is -0.610. The number of aryl methyl sites for hydroxylation is 2. The quantitative estimate of drug-likeness (QED) is 0.866. The van der Waals surface area contributed by atoms with Gasteiger partial charge >= 0.3 is 0 Å². The maximum absolute atomic E-state index is 13.8. The zero-order valence-electron chi connectivity index (χ0n) is 9.35. The highest BCUT2D eigenvalue weighted by Crippen LogP contribution is 2.25. The molecule has 0 aliphatic heterocycles. The number of rotatable bonds is 4. The Labute approximate surface area is 94.4 Å². The minimum Gasteiger partial charge on any atom is -0.328 e. The van der Waals surface area contributed by atoms with Gasteiger partial charge in [0, 0.05) is 19.5 Å². The van der Waals surface area contributed by atoms with Crippen LogP contribution in [-0.4, -0.2) is 22.0 Å². The smallest absolute Gasteiger partial charge is 0.126 e. The fourth-order valence-corrected chi connectivity index (χ4v) is 1.66. The lowest BCUT2D eigenvalue weighted by molar-refractivity contribution is 0.196. The number of hydrogen-bond donors (Lipinski definition) is 1. The molecular formula is C10H17ClFN3. The number of alkyl halides is 1. The molecule has 86 valence electrons. The molecule has 1 rings (SSSR count). The van der Waals surface area contributed by atoms with Crippen LogP contribution in [0.1, 0.15) is 25.2 Å². The molecule has 15 heavy (non-hydrogen) atoms. The lowest BCUT2D eigenvalue weighted by atomic mass is 10.0. The largest absolute Gasteiger partial charge is 0.328 e. The number of hydrogen-bond acceptors (Lipinski definition) is 2. The van der Waals surface area contributed by atoms with E-state index in [0.717, 1.165) is 11.4 Å². The van der Waals surface area contributed by atoms with Gasteiger partial charge in [0.25, 0.3) is 0 Å². The number of nitrogens with zero attached hydrogens (tertiary/aromatic N) is 2. The molecule has 1 aromatic heterocycles. The summed E-state index contributed by atoms with van der Waals surface area (Å²) in [6.45, 7) is 5.91. The second kappa shape index (κ2) is 4.49. The lowest BCUT2D eigenvalue weighted by Gasteiger charge is -2.18. The van der Waals surface area contributed by atoms with Crippen LogP contribution in [0.2, 0.25) is 5.02 Å². The van der Waals surface area contributed by atoms with Gasteiger partial charge in [-0.15, -0.1) is 0 Å². The minimum absolute atomic E-state index is 0.0166. The monoisotopic (exact) mass is 233 g/mol. The number of halogens is 2. The molecule has 0 aliphatic rings. The molecule has 0 aromatic carbocycles. The first-order valence-corrected chi connectivity index (χ1v) is 5.40. The molecular weight excluding hydrogens is 217 g/mol. The molecule has 3 nitrogen and oxygen atoms in total. The molecule has 1 atom stereocenters. The van der Waals surface area contributed by atoms with Crippen molar-refractivity contribution in [3.63, 3.8) is 0 Å². The van der Waals surface area contributed by atoms with Crippen LogP contribution >= 0.6 is 11.6 Å². The standard InChI is InChI=1S/C10H17ClFN3/c1-4-15-8(5-10(3,12)6-13)9(11)7(2)14-15/h4-6,13H2,1-3H3. The van der Waals surface area contributed by atoms with E-state index in [0.29, 0.717) is 11.6 Å². The van der Waals surface area contributed by atoms with Gasteiger partial charge in [-0.2, -0.15) is 5.10 Å². The highest BCUT2D eigenvalue weighted by molar-refractivity contribution is 6.31. The molecule has 0 saturated heterocycles. The Morgan fingerprint density at radius 1 is 1.60 bits per heavy atom. The highest BCUT2D eigenvalue weighted by atomic mass is 35.5. The van der Waals surface area contributed by atoms with Crippen molar-refractivity contribution in [2.45, 2.75) is 39.4 Å². The SMILES string of the molecule is CCn1nc(C)c(Cl)c1CC(C)(F)CN. The van der Waals surface area contributed by atoms with Crippen LogP contribution in [0.5, 0.6) is 0 Å². The van der Waals surface area contributed by atoms with Crippen molar-refractivity contribution in [2.75, 3.05) is 6.54 Å². The number of nitrogens with two attached hydrogens (primary N) is 1. The molecule has 1 heterocycles. The van der Waals surface area contributed by atoms with Crippen LogP contribution < -0.4 is 5.73 Å². The molecule has 0 saturated carbocycles. The maximum atomic E-state index is 13.8. The summed E-state index contributed by atoms with van der Waals surface area (Å²) in [5.41, 5.74) is 5.39. The third kappa shape index (κ3) is 2.69. The summed E-state index contributed by atoms with van der Waals surface area (Å²) < 4.78 is 15.5. The van der Waals surface area contributed by atoms with E-state index in [1.807, 2.05) is 13.8 Å². The topological polar surface area (TPSA) is 43.8 Å². The van der Waals surface area contributed by atoms with Gasteiger partial charge in [0.2, 0.25) is 0 Å². The van der Waals surface area contributed by atoms with Crippen LogP contribution in [-0.2, 0) is 13.0 Å². The van der Waals surface area contributed by atoms with Gasteiger partial charge in [0.15, 0.2) is 0 Å². The summed E-state index contributed by atoms with van der Waals surface area (Å²) in [5.74, 6) is 0. The van der Waals surface area contributed by atoms with Crippen molar-refractivity contribution in [1.29, 1.82) is 0 Å². The maximum Gasteiger partial charge on any atom is 0.126 e. The third-order valence-corrected chi connectivity index (χ3v) is 2.91. The molecule has 0 aliphatic carbocycles. The second-order valence-electron chi connectivity index (χ2n) is 3.96. The van der Waals surface area contributed by atoms with Crippen LogP contribution in [0.4, 0.5) is 4.39 Å². The molecule has 5 heteroatoms. The number of aromatic nitrogens is 2. The van der Waals surface area contributed by atoms with Crippen molar-refractivity contribution in [3.05, 3.63) is 16.4 Å². The highest BCUT2D eigenvalue weighted by Gasteiger charge is 2.26. The first-order valence-electron chi connectivity index (χ1n) is 5.02. The first-order chi connectivity index (χ1) is 6.91. The Morgan fingerprint density at radius 3 is 2.67 bits per heavy atom. The Kier molecular flexibility index (Phi) is 3.73.